The predicted octanol–water partition coefficient (Wildman–Crippen LogP) is 4.33. The number of hydrogen-bond donors (Lipinski definition) is 1. The first kappa shape index (κ1) is 14.3. The zero-order chi connectivity index (χ0) is 13.0. The van der Waals surface area contributed by atoms with Crippen LogP contribution in [0.1, 0.15) is 24.8 Å². The van der Waals surface area contributed by atoms with Crippen LogP contribution in [0.3, 0.4) is 0 Å². The molecule has 1 aliphatic carbocycles. The second-order valence-corrected chi connectivity index (χ2v) is 6.20. The van der Waals surface area contributed by atoms with Gasteiger partial charge in [-0.3, -0.25) is 0 Å². The molecular formula is C14H18BrClFN. The maximum absolute atomic E-state index is 13.6. The van der Waals surface area contributed by atoms with Gasteiger partial charge in [0.25, 0.3) is 0 Å². The quantitative estimate of drug-likeness (QED) is 0.790. The Morgan fingerprint density at radius 2 is 2.11 bits per heavy atom. The average molecular weight is 335 g/mol. The highest BCUT2D eigenvalue weighted by molar-refractivity contribution is 9.10. The summed E-state index contributed by atoms with van der Waals surface area (Å²) in [6.07, 6.45) is 3.76. The van der Waals surface area contributed by atoms with Crippen molar-refractivity contribution in [2.45, 2.75) is 25.8 Å². The second-order valence-electron chi connectivity index (χ2n) is 4.97. The number of rotatable bonds is 5. The molecule has 0 saturated heterocycles. The predicted molar refractivity (Wildman–Crippen MR) is 77.4 cm³/mol. The molecule has 0 bridgehead atoms. The van der Waals surface area contributed by atoms with E-state index in [-0.39, 0.29) is 5.82 Å². The van der Waals surface area contributed by atoms with Gasteiger partial charge in [0.2, 0.25) is 0 Å². The summed E-state index contributed by atoms with van der Waals surface area (Å²) in [6, 6.07) is 5.20. The van der Waals surface area contributed by atoms with Gasteiger partial charge in [0.05, 0.1) is 0 Å². The molecule has 0 aromatic heterocycles. The number of nitrogens with one attached hydrogen (secondary N) is 1. The van der Waals surface area contributed by atoms with Crippen molar-refractivity contribution >= 4 is 27.5 Å². The van der Waals surface area contributed by atoms with E-state index in [1.54, 1.807) is 0 Å². The third-order valence-electron chi connectivity index (χ3n) is 3.75. The lowest BCUT2D eigenvalue weighted by molar-refractivity contribution is 0.394. The summed E-state index contributed by atoms with van der Waals surface area (Å²) in [4.78, 5) is 0. The molecule has 1 nitrogen and oxygen atoms in total. The minimum Gasteiger partial charge on any atom is -0.312 e. The van der Waals surface area contributed by atoms with E-state index in [1.165, 1.54) is 25.3 Å². The number of alkyl halides is 1. The van der Waals surface area contributed by atoms with Gasteiger partial charge in [0.1, 0.15) is 5.82 Å². The minimum absolute atomic E-state index is 0.155. The maximum atomic E-state index is 13.6. The molecule has 4 heteroatoms. The van der Waals surface area contributed by atoms with Crippen LogP contribution in [0.15, 0.2) is 22.7 Å². The summed E-state index contributed by atoms with van der Waals surface area (Å²) < 4.78 is 14.4. The third-order valence-corrected chi connectivity index (χ3v) is 4.64. The van der Waals surface area contributed by atoms with Crippen molar-refractivity contribution < 1.29 is 4.39 Å². The lowest BCUT2D eigenvalue weighted by Gasteiger charge is -2.17. The van der Waals surface area contributed by atoms with E-state index >= 15 is 0 Å². The van der Waals surface area contributed by atoms with E-state index in [0.29, 0.717) is 18.4 Å². The molecule has 1 N–H and O–H groups in total. The molecule has 1 aromatic carbocycles. The third kappa shape index (κ3) is 3.69. The fourth-order valence-electron chi connectivity index (χ4n) is 2.64. The van der Waals surface area contributed by atoms with Crippen molar-refractivity contribution in [2.24, 2.45) is 11.8 Å². The first-order valence-corrected chi connectivity index (χ1v) is 7.74. The molecule has 0 spiro atoms. The van der Waals surface area contributed by atoms with Crippen molar-refractivity contribution in [1.29, 1.82) is 0 Å². The van der Waals surface area contributed by atoms with Crippen LogP contribution in [0, 0.1) is 17.7 Å². The molecule has 2 atom stereocenters. The van der Waals surface area contributed by atoms with Crippen LogP contribution in [0.25, 0.3) is 0 Å². The van der Waals surface area contributed by atoms with Crippen molar-refractivity contribution in [2.75, 3.05) is 12.4 Å². The molecular weight excluding hydrogens is 317 g/mol. The van der Waals surface area contributed by atoms with Gasteiger partial charge in [-0.25, -0.2) is 4.39 Å². The summed E-state index contributed by atoms with van der Waals surface area (Å²) in [7, 11) is 0. The Kier molecular flexibility index (Phi) is 5.46. The highest BCUT2D eigenvalue weighted by Gasteiger charge is 2.25. The van der Waals surface area contributed by atoms with Gasteiger partial charge in [-0.05, 0) is 43.4 Å². The molecule has 100 valence electrons. The molecule has 0 heterocycles. The Morgan fingerprint density at radius 3 is 2.83 bits per heavy atom. The van der Waals surface area contributed by atoms with Crippen LogP contribution in [0.5, 0.6) is 0 Å². The highest BCUT2D eigenvalue weighted by Crippen LogP contribution is 2.32. The van der Waals surface area contributed by atoms with E-state index in [9.17, 15) is 4.39 Å². The van der Waals surface area contributed by atoms with Crippen LogP contribution in [0.2, 0.25) is 0 Å². The smallest absolute Gasteiger partial charge is 0.128 e. The Bertz CT molecular complexity index is 399. The summed E-state index contributed by atoms with van der Waals surface area (Å²) in [6.45, 7) is 1.53. The van der Waals surface area contributed by atoms with E-state index in [1.807, 2.05) is 12.1 Å². The van der Waals surface area contributed by atoms with Gasteiger partial charge in [0, 0.05) is 22.5 Å². The van der Waals surface area contributed by atoms with Crippen LogP contribution in [-0.2, 0) is 6.54 Å². The molecule has 2 unspecified atom stereocenters. The van der Waals surface area contributed by atoms with Crippen molar-refractivity contribution in [3.8, 4) is 0 Å². The van der Waals surface area contributed by atoms with Crippen LogP contribution in [0.4, 0.5) is 4.39 Å². The standard InChI is InChI=1S/C14H18BrClFN/c15-13-5-4-12(14(17)6-13)9-18-8-11-3-1-2-10(11)7-16/h4-6,10-11,18H,1-3,7-9H2. The molecule has 1 aliphatic rings. The largest absolute Gasteiger partial charge is 0.312 e. The molecule has 1 aromatic rings. The monoisotopic (exact) mass is 333 g/mol. The fourth-order valence-corrected chi connectivity index (χ4v) is 3.38. The average Bonchev–Trinajstić information content (AvgIpc) is 2.79. The van der Waals surface area contributed by atoms with Gasteiger partial charge in [-0.2, -0.15) is 0 Å². The first-order chi connectivity index (χ1) is 8.70. The topological polar surface area (TPSA) is 12.0 Å². The molecule has 0 aliphatic heterocycles. The van der Waals surface area contributed by atoms with Crippen LogP contribution < -0.4 is 5.32 Å². The van der Waals surface area contributed by atoms with Crippen molar-refractivity contribution in [3.63, 3.8) is 0 Å². The Hall–Kier alpha value is -0.120. The molecule has 18 heavy (non-hydrogen) atoms. The van der Waals surface area contributed by atoms with Gasteiger partial charge in [-0.1, -0.05) is 28.4 Å². The van der Waals surface area contributed by atoms with Gasteiger partial charge in [-0.15, -0.1) is 11.6 Å². The van der Waals surface area contributed by atoms with Gasteiger partial charge >= 0.3 is 0 Å². The SMILES string of the molecule is Fc1cc(Br)ccc1CNCC1CCCC1CCl. The van der Waals surface area contributed by atoms with E-state index in [2.05, 4.69) is 21.2 Å². The molecule has 0 radical (unpaired) electrons. The summed E-state index contributed by atoms with van der Waals surface area (Å²) in [5.74, 6) is 1.88. The number of halogens is 3. The highest BCUT2D eigenvalue weighted by atomic mass is 79.9. The molecule has 0 amide bonds. The molecule has 1 fully saturated rings. The van der Waals surface area contributed by atoms with E-state index < -0.39 is 0 Å². The van der Waals surface area contributed by atoms with Crippen LogP contribution in [-0.4, -0.2) is 12.4 Å². The molecule has 2 rings (SSSR count). The van der Waals surface area contributed by atoms with Crippen molar-refractivity contribution in [1.82, 2.24) is 5.32 Å². The molecule has 1 saturated carbocycles. The number of benzene rings is 1. The van der Waals surface area contributed by atoms with Crippen LogP contribution >= 0.6 is 27.5 Å². The lowest BCUT2D eigenvalue weighted by atomic mass is 9.98. The summed E-state index contributed by atoms with van der Waals surface area (Å²) >= 11 is 9.21. The Morgan fingerprint density at radius 1 is 1.33 bits per heavy atom. The Balaban J connectivity index is 1.81. The van der Waals surface area contributed by atoms with Gasteiger partial charge < -0.3 is 5.32 Å². The fraction of sp³-hybridized carbons (Fsp3) is 0.571. The zero-order valence-corrected chi connectivity index (χ0v) is 12.6. The van der Waals surface area contributed by atoms with E-state index in [0.717, 1.165) is 22.5 Å². The van der Waals surface area contributed by atoms with Gasteiger partial charge in [0.15, 0.2) is 0 Å². The lowest BCUT2D eigenvalue weighted by Crippen LogP contribution is -2.26. The minimum atomic E-state index is -0.155. The first-order valence-electron chi connectivity index (χ1n) is 6.41. The zero-order valence-electron chi connectivity index (χ0n) is 10.3. The normalized spacial score (nSPS) is 23.5. The summed E-state index contributed by atoms with van der Waals surface area (Å²) in [5.41, 5.74) is 0.721. The van der Waals surface area contributed by atoms with E-state index in [4.69, 9.17) is 11.6 Å². The summed E-state index contributed by atoms with van der Waals surface area (Å²) in [5, 5.41) is 3.35. The Labute approximate surface area is 121 Å². The van der Waals surface area contributed by atoms with Crippen molar-refractivity contribution in [3.05, 3.63) is 34.1 Å². The second kappa shape index (κ2) is 6.88. The maximum Gasteiger partial charge on any atom is 0.128 e. The number of hydrogen-bond acceptors (Lipinski definition) is 1.